The van der Waals surface area contributed by atoms with E-state index in [9.17, 15) is 4.39 Å². The molecule has 0 spiro atoms. The number of benzene rings is 1. The Bertz CT molecular complexity index is 471. The highest BCUT2D eigenvalue weighted by atomic mass is 32.1. The van der Waals surface area contributed by atoms with Gasteiger partial charge in [0.25, 0.3) is 0 Å². The predicted molar refractivity (Wildman–Crippen MR) is 65.2 cm³/mol. The van der Waals surface area contributed by atoms with E-state index in [1.54, 1.807) is 23.5 Å². The van der Waals surface area contributed by atoms with E-state index in [4.69, 9.17) is 0 Å². The Morgan fingerprint density at radius 3 is 2.73 bits per heavy atom. The summed E-state index contributed by atoms with van der Waals surface area (Å²) in [5, 5.41) is 1.12. The molecule has 0 aliphatic carbocycles. The molecule has 0 saturated heterocycles. The molecule has 2 heteroatoms. The molecule has 0 aliphatic rings. The molecule has 0 bridgehead atoms. The van der Waals surface area contributed by atoms with Gasteiger partial charge in [0.05, 0.1) is 0 Å². The highest BCUT2D eigenvalue weighted by Crippen LogP contribution is 2.33. The quantitative estimate of drug-likeness (QED) is 0.714. The van der Waals surface area contributed by atoms with Crippen LogP contribution in [-0.4, -0.2) is 0 Å². The lowest BCUT2D eigenvalue weighted by atomic mass is 10.1. The van der Waals surface area contributed by atoms with Crippen LogP contribution in [0.4, 0.5) is 4.39 Å². The summed E-state index contributed by atoms with van der Waals surface area (Å²) < 4.78 is 14.4. The monoisotopic (exact) mass is 222 g/mol. The molecule has 0 unspecified atom stereocenters. The summed E-state index contributed by atoms with van der Waals surface area (Å²) in [6, 6.07) is 5.12. The Labute approximate surface area is 93.7 Å². The fraction of sp³-hybridized carbons (Fsp3) is 0.385. The maximum absolute atomic E-state index is 13.2. The Morgan fingerprint density at radius 1 is 1.27 bits per heavy atom. The Hall–Kier alpha value is -0.890. The largest absolute Gasteiger partial charge is 0.207 e. The Morgan fingerprint density at radius 2 is 2.07 bits per heavy atom. The molecule has 1 aromatic carbocycles. The topological polar surface area (TPSA) is 0 Å². The number of aryl methyl sites for hydroxylation is 2. The van der Waals surface area contributed by atoms with E-state index in [0.29, 0.717) is 0 Å². The van der Waals surface area contributed by atoms with E-state index in [1.165, 1.54) is 15.1 Å². The molecule has 80 valence electrons. The standard InChI is InChI=1S/C13H15FS/c1-3-5-10-11-8-9(14)6-7-13(11)15-12(10)4-2/h6-8H,3-5H2,1-2H3. The van der Waals surface area contributed by atoms with Gasteiger partial charge in [-0.2, -0.15) is 0 Å². The second kappa shape index (κ2) is 4.31. The number of hydrogen-bond acceptors (Lipinski definition) is 1. The van der Waals surface area contributed by atoms with Crippen molar-refractivity contribution in [1.82, 2.24) is 0 Å². The Kier molecular flexibility index (Phi) is 3.06. The van der Waals surface area contributed by atoms with Crippen molar-refractivity contribution in [2.75, 3.05) is 0 Å². The molecule has 2 aromatic rings. The average Bonchev–Trinajstić information content (AvgIpc) is 2.57. The number of rotatable bonds is 3. The van der Waals surface area contributed by atoms with Crippen LogP contribution in [0.3, 0.4) is 0 Å². The first-order valence-electron chi connectivity index (χ1n) is 5.46. The number of fused-ring (bicyclic) bond motifs is 1. The lowest BCUT2D eigenvalue weighted by molar-refractivity contribution is 0.629. The van der Waals surface area contributed by atoms with Crippen molar-refractivity contribution in [2.24, 2.45) is 0 Å². The van der Waals surface area contributed by atoms with Crippen LogP contribution in [0, 0.1) is 5.82 Å². The summed E-state index contributed by atoms with van der Waals surface area (Å²) in [4.78, 5) is 1.41. The zero-order chi connectivity index (χ0) is 10.8. The molecule has 0 atom stereocenters. The molecular weight excluding hydrogens is 207 g/mol. The molecule has 2 rings (SSSR count). The van der Waals surface area contributed by atoms with Crippen LogP contribution < -0.4 is 0 Å². The summed E-state index contributed by atoms with van der Waals surface area (Å²) >= 11 is 1.81. The lowest BCUT2D eigenvalue weighted by Crippen LogP contribution is -1.86. The minimum atomic E-state index is -0.125. The summed E-state index contributed by atoms with van der Waals surface area (Å²) in [5.74, 6) is -0.125. The fourth-order valence-electron chi connectivity index (χ4n) is 1.98. The van der Waals surface area contributed by atoms with Crippen LogP contribution in [0.5, 0.6) is 0 Å². The third-order valence-corrected chi connectivity index (χ3v) is 4.01. The first kappa shape index (κ1) is 10.6. The minimum Gasteiger partial charge on any atom is -0.207 e. The fourth-order valence-corrected chi connectivity index (χ4v) is 3.15. The van der Waals surface area contributed by atoms with Gasteiger partial charge in [-0.05, 0) is 42.0 Å². The van der Waals surface area contributed by atoms with Gasteiger partial charge >= 0.3 is 0 Å². The van der Waals surface area contributed by atoms with Gasteiger partial charge in [0.2, 0.25) is 0 Å². The third-order valence-electron chi connectivity index (χ3n) is 2.66. The van der Waals surface area contributed by atoms with Crippen LogP contribution in [0.25, 0.3) is 10.1 Å². The highest BCUT2D eigenvalue weighted by Gasteiger charge is 2.10. The Balaban J connectivity index is 2.65. The van der Waals surface area contributed by atoms with Crippen molar-refractivity contribution in [3.8, 4) is 0 Å². The van der Waals surface area contributed by atoms with E-state index in [0.717, 1.165) is 24.6 Å². The zero-order valence-electron chi connectivity index (χ0n) is 9.14. The second-order valence-electron chi connectivity index (χ2n) is 3.75. The van der Waals surface area contributed by atoms with Crippen molar-refractivity contribution < 1.29 is 4.39 Å². The third kappa shape index (κ3) is 1.91. The summed E-state index contributed by atoms with van der Waals surface area (Å²) in [7, 11) is 0. The first-order valence-corrected chi connectivity index (χ1v) is 6.27. The molecule has 0 amide bonds. The molecule has 0 fully saturated rings. The number of halogens is 1. The SMILES string of the molecule is CCCc1c(CC)sc2ccc(F)cc12. The minimum absolute atomic E-state index is 0.125. The van der Waals surface area contributed by atoms with Crippen molar-refractivity contribution in [1.29, 1.82) is 0 Å². The molecule has 15 heavy (non-hydrogen) atoms. The van der Waals surface area contributed by atoms with Gasteiger partial charge in [-0.3, -0.25) is 0 Å². The highest BCUT2D eigenvalue weighted by molar-refractivity contribution is 7.19. The lowest BCUT2D eigenvalue weighted by Gasteiger charge is -2.00. The van der Waals surface area contributed by atoms with Gasteiger partial charge in [-0.25, -0.2) is 4.39 Å². The van der Waals surface area contributed by atoms with Gasteiger partial charge in [0.1, 0.15) is 5.82 Å². The van der Waals surface area contributed by atoms with Crippen molar-refractivity contribution in [3.63, 3.8) is 0 Å². The maximum Gasteiger partial charge on any atom is 0.123 e. The van der Waals surface area contributed by atoms with Crippen molar-refractivity contribution in [3.05, 3.63) is 34.5 Å². The molecule has 0 aliphatic heterocycles. The normalized spacial score (nSPS) is 11.1. The van der Waals surface area contributed by atoms with Gasteiger partial charge in [-0.15, -0.1) is 11.3 Å². The van der Waals surface area contributed by atoms with E-state index in [-0.39, 0.29) is 5.82 Å². The van der Waals surface area contributed by atoms with Crippen LogP contribution in [0.2, 0.25) is 0 Å². The summed E-state index contributed by atoms with van der Waals surface area (Å²) in [5.41, 5.74) is 1.36. The second-order valence-corrected chi connectivity index (χ2v) is 4.88. The van der Waals surface area contributed by atoms with Crippen LogP contribution in [0.1, 0.15) is 30.7 Å². The van der Waals surface area contributed by atoms with Crippen molar-refractivity contribution in [2.45, 2.75) is 33.1 Å². The molecule has 0 radical (unpaired) electrons. The molecule has 0 N–H and O–H groups in total. The number of thiophene rings is 1. The van der Waals surface area contributed by atoms with Crippen LogP contribution in [0.15, 0.2) is 18.2 Å². The molecular formula is C13H15FS. The van der Waals surface area contributed by atoms with Gasteiger partial charge in [0, 0.05) is 9.58 Å². The van der Waals surface area contributed by atoms with Crippen molar-refractivity contribution >= 4 is 21.4 Å². The van der Waals surface area contributed by atoms with E-state index < -0.39 is 0 Å². The average molecular weight is 222 g/mol. The molecule has 1 heterocycles. The summed E-state index contributed by atoms with van der Waals surface area (Å²) in [6.45, 7) is 4.34. The summed E-state index contributed by atoms with van der Waals surface area (Å²) in [6.07, 6.45) is 3.23. The van der Waals surface area contributed by atoms with E-state index in [1.807, 2.05) is 6.07 Å². The first-order chi connectivity index (χ1) is 7.26. The predicted octanol–water partition coefficient (Wildman–Crippen LogP) is 4.56. The molecule has 1 aromatic heterocycles. The number of hydrogen-bond donors (Lipinski definition) is 0. The van der Waals surface area contributed by atoms with Gasteiger partial charge in [-0.1, -0.05) is 20.3 Å². The van der Waals surface area contributed by atoms with E-state index in [2.05, 4.69) is 13.8 Å². The zero-order valence-corrected chi connectivity index (χ0v) is 9.96. The van der Waals surface area contributed by atoms with Crippen LogP contribution in [-0.2, 0) is 12.8 Å². The maximum atomic E-state index is 13.2. The molecule has 0 nitrogen and oxygen atoms in total. The molecule has 0 saturated carbocycles. The smallest absolute Gasteiger partial charge is 0.123 e. The van der Waals surface area contributed by atoms with E-state index >= 15 is 0 Å². The van der Waals surface area contributed by atoms with Gasteiger partial charge in [0.15, 0.2) is 0 Å². The van der Waals surface area contributed by atoms with Crippen LogP contribution >= 0.6 is 11.3 Å². The van der Waals surface area contributed by atoms with Gasteiger partial charge < -0.3 is 0 Å².